The van der Waals surface area contributed by atoms with Crippen molar-refractivity contribution in [1.29, 1.82) is 0 Å². The van der Waals surface area contributed by atoms with Crippen molar-refractivity contribution in [2.24, 2.45) is 0 Å². The zero-order valence-corrected chi connectivity index (χ0v) is 11.8. The topological polar surface area (TPSA) is 63.6 Å². The molecule has 0 aromatic heterocycles. The Balaban J connectivity index is 2.59. The quantitative estimate of drug-likeness (QED) is 0.680. The van der Waals surface area contributed by atoms with E-state index < -0.39 is 0 Å². The molecule has 0 atom stereocenters. The van der Waals surface area contributed by atoms with Crippen molar-refractivity contribution >= 4 is 17.6 Å². The van der Waals surface area contributed by atoms with Crippen LogP contribution in [0.5, 0.6) is 11.5 Å². The fourth-order valence-corrected chi connectivity index (χ4v) is 2.17. The number of ether oxygens (including phenoxy) is 1. The third-order valence-electron chi connectivity index (χ3n) is 3.14. The standard InChI is InChI=1S/C17H16O4/c1-3-4-5-6-7-12-10-13-14(19)8-9-21-17(13)15(11(2)18)16(12)20/h3-7,10,20H,1,8-9H2,2H3/b5-4+,7-6+. The highest BCUT2D eigenvalue weighted by Crippen LogP contribution is 2.38. The Bertz CT molecular complexity index is 666. The van der Waals surface area contributed by atoms with Gasteiger partial charge in [0.15, 0.2) is 11.6 Å². The smallest absolute Gasteiger partial charge is 0.170 e. The molecule has 0 saturated heterocycles. The number of hydrogen-bond donors (Lipinski definition) is 1. The molecule has 0 amide bonds. The number of phenols is 1. The van der Waals surface area contributed by atoms with Gasteiger partial charge in [0, 0.05) is 12.0 Å². The van der Waals surface area contributed by atoms with Crippen LogP contribution in [0.2, 0.25) is 0 Å². The monoisotopic (exact) mass is 284 g/mol. The molecule has 0 spiro atoms. The van der Waals surface area contributed by atoms with Gasteiger partial charge in [-0.1, -0.05) is 37.0 Å². The number of allylic oxidation sites excluding steroid dienone is 4. The molecule has 0 saturated carbocycles. The number of rotatable bonds is 4. The summed E-state index contributed by atoms with van der Waals surface area (Å²) in [5.74, 6) is -0.403. The van der Waals surface area contributed by atoms with Crippen LogP contribution in [-0.2, 0) is 0 Å². The van der Waals surface area contributed by atoms with Gasteiger partial charge < -0.3 is 9.84 Å². The second-order valence-corrected chi connectivity index (χ2v) is 4.62. The summed E-state index contributed by atoms with van der Waals surface area (Å²) in [5, 5.41) is 10.3. The number of carbonyl (C=O) groups is 2. The Morgan fingerprint density at radius 3 is 2.81 bits per heavy atom. The van der Waals surface area contributed by atoms with E-state index >= 15 is 0 Å². The lowest BCUT2D eigenvalue weighted by molar-refractivity contribution is 0.0930. The molecule has 0 unspecified atom stereocenters. The van der Waals surface area contributed by atoms with Crippen LogP contribution < -0.4 is 4.74 Å². The fourth-order valence-electron chi connectivity index (χ4n) is 2.17. The van der Waals surface area contributed by atoms with Gasteiger partial charge in [-0.05, 0) is 13.0 Å². The van der Waals surface area contributed by atoms with E-state index in [0.717, 1.165) is 0 Å². The van der Waals surface area contributed by atoms with Crippen LogP contribution in [0.1, 0.15) is 39.6 Å². The van der Waals surface area contributed by atoms with E-state index in [1.807, 2.05) is 0 Å². The SMILES string of the molecule is C=C/C=C/C=C/c1cc2c(c(C(C)=O)c1O)OCCC2=O. The summed E-state index contributed by atoms with van der Waals surface area (Å²) >= 11 is 0. The minimum Gasteiger partial charge on any atom is -0.506 e. The van der Waals surface area contributed by atoms with Gasteiger partial charge in [0.2, 0.25) is 0 Å². The number of hydrogen-bond acceptors (Lipinski definition) is 4. The number of aromatic hydroxyl groups is 1. The van der Waals surface area contributed by atoms with Crippen LogP contribution >= 0.6 is 0 Å². The summed E-state index contributed by atoms with van der Waals surface area (Å²) in [4.78, 5) is 23.7. The highest BCUT2D eigenvalue weighted by atomic mass is 16.5. The molecule has 4 nitrogen and oxygen atoms in total. The Morgan fingerprint density at radius 2 is 2.14 bits per heavy atom. The van der Waals surface area contributed by atoms with E-state index in [1.165, 1.54) is 6.92 Å². The van der Waals surface area contributed by atoms with Gasteiger partial charge in [0.05, 0.1) is 12.2 Å². The highest BCUT2D eigenvalue weighted by Gasteiger charge is 2.27. The maximum absolute atomic E-state index is 12.0. The first-order valence-electron chi connectivity index (χ1n) is 6.59. The molecule has 0 fully saturated rings. The maximum Gasteiger partial charge on any atom is 0.170 e. The van der Waals surface area contributed by atoms with Crippen molar-refractivity contribution in [3.63, 3.8) is 0 Å². The second kappa shape index (κ2) is 6.22. The third-order valence-corrected chi connectivity index (χ3v) is 3.14. The number of benzene rings is 1. The summed E-state index contributed by atoms with van der Waals surface area (Å²) in [6.07, 6.45) is 8.68. The minimum atomic E-state index is -0.338. The predicted octanol–water partition coefficient (Wildman–Crippen LogP) is 3.32. The molecule has 1 aliphatic heterocycles. The molecule has 108 valence electrons. The number of fused-ring (bicyclic) bond motifs is 1. The van der Waals surface area contributed by atoms with Crippen LogP contribution in [0.4, 0.5) is 0 Å². The Hall–Kier alpha value is -2.62. The highest BCUT2D eigenvalue weighted by molar-refractivity contribution is 6.08. The lowest BCUT2D eigenvalue weighted by Crippen LogP contribution is -2.18. The summed E-state index contributed by atoms with van der Waals surface area (Å²) in [5.41, 5.74) is 0.816. The molecule has 0 radical (unpaired) electrons. The molecule has 0 aliphatic carbocycles. The van der Waals surface area contributed by atoms with Crippen LogP contribution in [0.3, 0.4) is 0 Å². The van der Waals surface area contributed by atoms with Gasteiger partial charge in [-0.15, -0.1) is 0 Å². The van der Waals surface area contributed by atoms with Gasteiger partial charge in [-0.25, -0.2) is 0 Å². The van der Waals surface area contributed by atoms with E-state index in [2.05, 4.69) is 6.58 Å². The minimum absolute atomic E-state index is 0.0629. The van der Waals surface area contributed by atoms with Crippen molar-refractivity contribution in [2.45, 2.75) is 13.3 Å². The summed E-state index contributed by atoms with van der Waals surface area (Å²) < 4.78 is 5.41. The van der Waals surface area contributed by atoms with Gasteiger partial charge in [-0.3, -0.25) is 9.59 Å². The first kappa shape index (κ1) is 14.8. The molecule has 1 aliphatic rings. The molecule has 1 aromatic rings. The van der Waals surface area contributed by atoms with Crippen LogP contribution in [0, 0.1) is 0 Å². The fraction of sp³-hybridized carbons (Fsp3) is 0.176. The normalized spacial score (nSPS) is 14.2. The number of Topliss-reactive ketones (excluding diaryl/α,β-unsaturated/α-hetero) is 2. The number of carbonyl (C=O) groups excluding carboxylic acids is 2. The summed E-state index contributed by atoms with van der Waals surface area (Å²) in [7, 11) is 0. The lowest BCUT2D eigenvalue weighted by Gasteiger charge is -2.20. The van der Waals surface area contributed by atoms with Crippen LogP contribution in [0.15, 0.2) is 36.9 Å². The Kier molecular flexibility index (Phi) is 4.38. The van der Waals surface area contributed by atoms with Gasteiger partial charge in [0.1, 0.15) is 17.1 Å². The molecule has 2 rings (SSSR count). The Morgan fingerprint density at radius 1 is 1.38 bits per heavy atom. The molecular formula is C17H16O4. The molecule has 1 N–H and O–H groups in total. The second-order valence-electron chi connectivity index (χ2n) is 4.62. The maximum atomic E-state index is 12.0. The van der Waals surface area contributed by atoms with Crippen molar-refractivity contribution in [1.82, 2.24) is 0 Å². The van der Waals surface area contributed by atoms with Gasteiger partial charge in [-0.2, -0.15) is 0 Å². The van der Waals surface area contributed by atoms with Crippen molar-refractivity contribution in [3.05, 3.63) is 53.6 Å². The van der Waals surface area contributed by atoms with E-state index in [1.54, 1.807) is 36.4 Å². The Labute approximate surface area is 123 Å². The number of phenolic OH excluding ortho intramolecular Hbond substituents is 1. The van der Waals surface area contributed by atoms with E-state index in [-0.39, 0.29) is 41.7 Å². The van der Waals surface area contributed by atoms with Crippen molar-refractivity contribution in [3.8, 4) is 11.5 Å². The van der Waals surface area contributed by atoms with E-state index in [4.69, 9.17) is 4.74 Å². The first-order chi connectivity index (χ1) is 10.1. The lowest BCUT2D eigenvalue weighted by atomic mass is 9.94. The molecule has 0 bridgehead atoms. The number of ketones is 2. The average molecular weight is 284 g/mol. The molecule has 21 heavy (non-hydrogen) atoms. The van der Waals surface area contributed by atoms with E-state index in [0.29, 0.717) is 11.1 Å². The van der Waals surface area contributed by atoms with Gasteiger partial charge >= 0.3 is 0 Å². The summed E-state index contributed by atoms with van der Waals surface area (Å²) in [6.45, 7) is 5.11. The summed E-state index contributed by atoms with van der Waals surface area (Å²) in [6, 6.07) is 1.55. The molecule has 1 heterocycles. The third kappa shape index (κ3) is 2.94. The van der Waals surface area contributed by atoms with Crippen LogP contribution in [0.25, 0.3) is 6.08 Å². The van der Waals surface area contributed by atoms with E-state index in [9.17, 15) is 14.7 Å². The predicted molar refractivity (Wildman–Crippen MR) is 80.9 cm³/mol. The zero-order chi connectivity index (χ0) is 15.4. The largest absolute Gasteiger partial charge is 0.506 e. The van der Waals surface area contributed by atoms with Crippen LogP contribution in [-0.4, -0.2) is 23.3 Å². The molecule has 4 heteroatoms. The van der Waals surface area contributed by atoms with Crippen molar-refractivity contribution in [2.75, 3.05) is 6.61 Å². The van der Waals surface area contributed by atoms with Gasteiger partial charge in [0.25, 0.3) is 0 Å². The molecule has 1 aromatic carbocycles. The first-order valence-corrected chi connectivity index (χ1v) is 6.59. The molecular weight excluding hydrogens is 268 g/mol. The van der Waals surface area contributed by atoms with Crippen molar-refractivity contribution < 1.29 is 19.4 Å². The average Bonchev–Trinajstić information content (AvgIpc) is 2.44. The zero-order valence-electron chi connectivity index (χ0n) is 11.8.